The van der Waals surface area contributed by atoms with E-state index in [2.05, 4.69) is 15.2 Å². The molecule has 0 aliphatic heterocycles. The van der Waals surface area contributed by atoms with E-state index in [-0.39, 0.29) is 23.7 Å². The molecule has 1 N–H and O–H groups in total. The van der Waals surface area contributed by atoms with Gasteiger partial charge < -0.3 is 19.3 Å². The average molecular weight is 587 g/mol. The Labute approximate surface area is 241 Å². The Morgan fingerprint density at radius 3 is 2.24 bits per heavy atom. The lowest BCUT2D eigenvalue weighted by Gasteiger charge is -2.36. The number of hydrogen-bond acceptors (Lipinski definition) is 6. The van der Waals surface area contributed by atoms with Crippen molar-refractivity contribution >= 4 is 17.6 Å². The van der Waals surface area contributed by atoms with Crippen molar-refractivity contribution < 1.29 is 32.0 Å². The molecule has 0 radical (unpaired) electrons. The lowest BCUT2D eigenvalue weighted by Crippen LogP contribution is -2.42. The summed E-state index contributed by atoms with van der Waals surface area (Å²) in [5.41, 5.74) is 0.743. The molecule has 0 atom stereocenters. The van der Waals surface area contributed by atoms with E-state index in [4.69, 9.17) is 20.9 Å². The molecule has 1 heterocycles. The van der Waals surface area contributed by atoms with E-state index in [1.807, 2.05) is 60.7 Å². The maximum absolute atomic E-state index is 13.7. The van der Waals surface area contributed by atoms with Gasteiger partial charge in [0.15, 0.2) is 5.76 Å². The molecule has 0 unspecified atom stereocenters. The molecule has 1 aromatic heterocycles. The fraction of sp³-hybridized carbons (Fsp3) is 0.290. The number of alkyl halides is 3. The molecule has 216 valence electrons. The largest absolute Gasteiger partial charge is 0.475 e. The third-order valence-electron chi connectivity index (χ3n) is 6.79. The highest BCUT2D eigenvalue weighted by Crippen LogP contribution is 2.41. The van der Waals surface area contributed by atoms with Crippen molar-refractivity contribution in [2.75, 3.05) is 26.8 Å². The number of halogens is 4. The molecular weight excluding hydrogens is 557 g/mol. The van der Waals surface area contributed by atoms with Gasteiger partial charge in [-0.15, -0.1) is 0 Å². The van der Waals surface area contributed by atoms with Crippen molar-refractivity contribution in [2.24, 2.45) is 0 Å². The van der Waals surface area contributed by atoms with Crippen LogP contribution in [0.5, 0.6) is 5.88 Å². The van der Waals surface area contributed by atoms with Crippen molar-refractivity contribution in [2.45, 2.75) is 30.9 Å². The van der Waals surface area contributed by atoms with Crippen LogP contribution in [0.1, 0.15) is 34.4 Å². The van der Waals surface area contributed by atoms with Crippen LogP contribution in [-0.4, -0.2) is 37.9 Å². The molecule has 6 nitrogen and oxygen atoms in total. The first kappa shape index (κ1) is 30.1. The molecule has 0 spiro atoms. The van der Waals surface area contributed by atoms with Gasteiger partial charge in [-0.05, 0) is 47.3 Å². The van der Waals surface area contributed by atoms with Gasteiger partial charge >= 0.3 is 12.1 Å². The fourth-order valence-electron chi connectivity index (χ4n) is 4.75. The lowest BCUT2D eigenvalue weighted by atomic mass is 9.70. The van der Waals surface area contributed by atoms with E-state index in [1.54, 1.807) is 12.1 Å². The highest BCUT2D eigenvalue weighted by Gasteiger charge is 2.38. The van der Waals surface area contributed by atoms with Crippen LogP contribution in [-0.2, 0) is 34.0 Å². The van der Waals surface area contributed by atoms with E-state index in [9.17, 15) is 18.0 Å². The molecule has 41 heavy (non-hydrogen) atoms. The predicted molar refractivity (Wildman–Crippen MR) is 149 cm³/mol. The minimum atomic E-state index is -4.56. The molecule has 4 rings (SSSR count). The number of rotatable bonds is 13. The quantitative estimate of drug-likeness (QED) is 0.140. The van der Waals surface area contributed by atoms with Crippen LogP contribution in [0.3, 0.4) is 0 Å². The molecule has 0 aliphatic rings. The molecule has 0 aliphatic carbocycles. The first-order valence-corrected chi connectivity index (χ1v) is 13.4. The fourth-order valence-corrected chi connectivity index (χ4v) is 5.05. The molecule has 4 aromatic rings. The Bertz CT molecular complexity index is 1370. The van der Waals surface area contributed by atoms with Gasteiger partial charge in [-0.25, -0.2) is 0 Å². The topological polar surface area (TPSA) is 73.6 Å². The highest BCUT2D eigenvalue weighted by molar-refractivity contribution is 6.32. The lowest BCUT2D eigenvalue weighted by molar-refractivity contribution is -0.140. The number of nitrogens with one attached hydrogen (secondary N) is 1. The summed E-state index contributed by atoms with van der Waals surface area (Å²) in [6.07, 6.45) is -3.73. The number of esters is 1. The summed E-state index contributed by atoms with van der Waals surface area (Å²) >= 11 is 6.38. The maximum atomic E-state index is 13.7. The van der Waals surface area contributed by atoms with Crippen LogP contribution >= 0.6 is 11.6 Å². The second-order valence-corrected chi connectivity index (χ2v) is 9.91. The van der Waals surface area contributed by atoms with Crippen LogP contribution in [0.4, 0.5) is 13.2 Å². The Kier molecular flexibility index (Phi) is 10.1. The summed E-state index contributed by atoms with van der Waals surface area (Å²) in [5, 5.41) is 7.00. The van der Waals surface area contributed by atoms with Gasteiger partial charge in [0.2, 0.25) is 0 Å². The van der Waals surface area contributed by atoms with Crippen LogP contribution in [0, 0.1) is 0 Å². The normalized spacial score (nSPS) is 11.8. The van der Waals surface area contributed by atoms with E-state index < -0.39 is 23.1 Å². The Morgan fingerprint density at radius 1 is 0.976 bits per heavy atom. The van der Waals surface area contributed by atoms with Crippen molar-refractivity contribution in [3.8, 4) is 5.88 Å². The van der Waals surface area contributed by atoms with Crippen LogP contribution in [0.15, 0.2) is 89.5 Å². The summed E-state index contributed by atoms with van der Waals surface area (Å²) < 4.78 is 56.4. The Hall–Kier alpha value is -3.82. The van der Waals surface area contributed by atoms with Crippen molar-refractivity contribution in [3.05, 3.63) is 118 Å². The number of carbonyl (C=O) groups excluding carboxylic acids is 1. The Morgan fingerprint density at radius 2 is 1.63 bits per heavy atom. The minimum absolute atomic E-state index is 0.0363. The van der Waals surface area contributed by atoms with Crippen LogP contribution in [0.25, 0.3) is 0 Å². The smallest absolute Gasteiger partial charge is 0.417 e. The number of benzene rings is 3. The monoisotopic (exact) mass is 586 g/mol. The van der Waals surface area contributed by atoms with E-state index in [0.717, 1.165) is 17.2 Å². The first-order valence-electron chi connectivity index (χ1n) is 13.0. The molecule has 0 bridgehead atoms. The zero-order valence-corrected chi connectivity index (χ0v) is 23.2. The summed E-state index contributed by atoms with van der Waals surface area (Å²) in [6.45, 7) is 1.33. The molecule has 0 amide bonds. The van der Waals surface area contributed by atoms with Crippen molar-refractivity contribution in [3.63, 3.8) is 0 Å². The SMILES string of the molecule is COC(=O)Cc1cc(OCCCNCC(Cc2cccc(C(F)(F)F)c2Cl)(c2ccccc2)c2ccccc2)no1. The highest BCUT2D eigenvalue weighted by atomic mass is 35.5. The predicted octanol–water partition coefficient (Wildman–Crippen LogP) is 6.65. The van der Waals surface area contributed by atoms with Gasteiger partial charge in [0.1, 0.15) is 6.42 Å². The van der Waals surface area contributed by atoms with Gasteiger partial charge in [-0.2, -0.15) is 13.2 Å². The van der Waals surface area contributed by atoms with Crippen LogP contribution < -0.4 is 10.1 Å². The van der Waals surface area contributed by atoms with Gasteiger partial charge in [-0.1, -0.05) is 84.4 Å². The number of hydrogen-bond donors (Lipinski definition) is 1. The molecule has 0 fully saturated rings. The average Bonchev–Trinajstić information content (AvgIpc) is 3.42. The summed E-state index contributed by atoms with van der Waals surface area (Å²) in [5.74, 6) is 0.170. The number of aromatic nitrogens is 1. The van der Waals surface area contributed by atoms with E-state index in [0.29, 0.717) is 37.4 Å². The summed E-state index contributed by atoms with van der Waals surface area (Å²) in [6, 6.07) is 25.0. The van der Waals surface area contributed by atoms with E-state index >= 15 is 0 Å². The third-order valence-corrected chi connectivity index (χ3v) is 7.23. The summed E-state index contributed by atoms with van der Waals surface area (Å²) in [7, 11) is 1.29. The standard InChI is InChI=1S/C31H30ClF3N2O4/c1-39-28(38)19-25-18-27(37-41-25)40-17-9-16-36-21-30(23-11-4-2-5-12-23,24-13-6-3-7-14-24)20-22-10-8-15-26(29(22)32)31(33,34)35/h2-8,10-15,18,36H,9,16-17,19-21H2,1H3. The van der Waals surface area contributed by atoms with E-state index in [1.165, 1.54) is 13.2 Å². The molecule has 10 heteroatoms. The van der Waals surface area contributed by atoms with Gasteiger partial charge in [0.25, 0.3) is 5.88 Å². The third kappa shape index (κ3) is 7.68. The molecular formula is C31H30ClF3N2O4. The number of ether oxygens (including phenoxy) is 2. The van der Waals surface area contributed by atoms with Gasteiger partial charge in [0.05, 0.1) is 24.3 Å². The Balaban J connectivity index is 1.52. The molecule has 3 aromatic carbocycles. The number of nitrogens with zero attached hydrogens (tertiary/aromatic N) is 1. The second kappa shape index (κ2) is 13.7. The first-order chi connectivity index (χ1) is 19.7. The maximum Gasteiger partial charge on any atom is 0.417 e. The van der Waals surface area contributed by atoms with Crippen molar-refractivity contribution in [1.29, 1.82) is 0 Å². The summed E-state index contributed by atoms with van der Waals surface area (Å²) in [4.78, 5) is 11.4. The number of methoxy groups -OCH3 is 1. The van der Waals surface area contributed by atoms with Crippen molar-refractivity contribution in [1.82, 2.24) is 10.5 Å². The van der Waals surface area contributed by atoms with Gasteiger partial charge in [0, 0.05) is 18.0 Å². The zero-order valence-electron chi connectivity index (χ0n) is 22.4. The molecule has 0 saturated carbocycles. The molecule has 0 saturated heterocycles. The minimum Gasteiger partial charge on any atom is -0.475 e. The van der Waals surface area contributed by atoms with Gasteiger partial charge in [-0.3, -0.25) is 4.79 Å². The van der Waals surface area contributed by atoms with Crippen LogP contribution in [0.2, 0.25) is 5.02 Å². The zero-order chi connectivity index (χ0) is 29.3. The second-order valence-electron chi connectivity index (χ2n) is 9.53. The number of carbonyl (C=O) groups is 1.